The maximum Gasteiger partial charge on any atom is 0.147 e. The summed E-state index contributed by atoms with van der Waals surface area (Å²) in [6.07, 6.45) is 1.93. The summed E-state index contributed by atoms with van der Waals surface area (Å²) < 4.78 is 21.9. The van der Waals surface area contributed by atoms with Crippen molar-refractivity contribution in [3.05, 3.63) is 0 Å². The number of rotatable bonds is 8. The molecule has 0 aromatic carbocycles. The highest BCUT2D eigenvalue weighted by Crippen LogP contribution is 2.02. The van der Waals surface area contributed by atoms with Crippen molar-refractivity contribution in [2.45, 2.75) is 20.3 Å². The Morgan fingerprint density at radius 2 is 2.06 bits per heavy atom. The van der Waals surface area contributed by atoms with Gasteiger partial charge in [-0.3, -0.25) is 0 Å². The van der Waals surface area contributed by atoms with Crippen LogP contribution >= 0.6 is 12.2 Å². The molecule has 0 heterocycles. The summed E-state index contributed by atoms with van der Waals surface area (Å²) in [4.78, 5) is 2.69. The molecule has 0 aliphatic rings. The molecular formula is C10H22N2O2S2. The van der Waals surface area contributed by atoms with Crippen LogP contribution in [-0.2, 0) is 9.84 Å². The lowest BCUT2D eigenvalue weighted by Crippen LogP contribution is -2.35. The fourth-order valence-electron chi connectivity index (χ4n) is 1.41. The van der Waals surface area contributed by atoms with Gasteiger partial charge in [-0.25, -0.2) is 8.42 Å². The number of sulfone groups is 1. The molecule has 2 N–H and O–H groups in total. The first-order chi connectivity index (χ1) is 7.26. The Balaban J connectivity index is 3.97. The molecule has 16 heavy (non-hydrogen) atoms. The molecule has 96 valence electrons. The lowest BCUT2D eigenvalue weighted by atomic mass is 10.1. The van der Waals surface area contributed by atoms with Crippen LogP contribution < -0.4 is 5.73 Å². The molecule has 0 aromatic heterocycles. The molecule has 0 fully saturated rings. The molecule has 0 amide bonds. The van der Waals surface area contributed by atoms with Crippen LogP contribution in [0.1, 0.15) is 20.3 Å². The third kappa shape index (κ3) is 8.01. The maximum absolute atomic E-state index is 11.0. The first-order valence-electron chi connectivity index (χ1n) is 5.45. The Morgan fingerprint density at radius 1 is 1.50 bits per heavy atom. The molecule has 0 saturated carbocycles. The molecule has 0 spiro atoms. The number of thiocarbonyl (C=S) groups is 1. The third-order valence-corrected chi connectivity index (χ3v) is 3.89. The summed E-state index contributed by atoms with van der Waals surface area (Å²) in [6.45, 7) is 6.50. The van der Waals surface area contributed by atoms with Crippen LogP contribution in [0.4, 0.5) is 0 Å². The smallest absolute Gasteiger partial charge is 0.147 e. The summed E-state index contributed by atoms with van der Waals surface area (Å²) in [5, 5.41) is 0. The first-order valence-corrected chi connectivity index (χ1v) is 7.92. The second-order valence-corrected chi connectivity index (χ2v) is 6.91. The average molecular weight is 266 g/mol. The van der Waals surface area contributed by atoms with Crippen LogP contribution in [0.25, 0.3) is 0 Å². The Hall–Kier alpha value is -0.200. The molecule has 0 aliphatic heterocycles. The van der Waals surface area contributed by atoms with E-state index in [0.717, 1.165) is 19.6 Å². The van der Waals surface area contributed by atoms with Crippen molar-refractivity contribution in [3.63, 3.8) is 0 Å². The average Bonchev–Trinajstić information content (AvgIpc) is 2.13. The van der Waals surface area contributed by atoms with Gasteiger partial charge < -0.3 is 10.6 Å². The van der Waals surface area contributed by atoms with E-state index < -0.39 is 9.84 Å². The number of nitrogens with zero attached hydrogens (tertiary/aromatic N) is 1. The summed E-state index contributed by atoms with van der Waals surface area (Å²) in [7, 11) is -2.85. The Bertz CT molecular complexity index is 315. The molecule has 6 heteroatoms. The standard InChI is InChI=1S/C10H22N2O2S2/c1-4-12(8-9(2)10(11)15)6-5-7-16(3,13)14/h9H,4-8H2,1-3H3,(H2,11,15). The summed E-state index contributed by atoms with van der Waals surface area (Å²) in [6, 6.07) is 0. The van der Waals surface area contributed by atoms with E-state index in [-0.39, 0.29) is 11.7 Å². The minimum absolute atomic E-state index is 0.174. The van der Waals surface area contributed by atoms with E-state index in [0.29, 0.717) is 11.4 Å². The van der Waals surface area contributed by atoms with Gasteiger partial charge >= 0.3 is 0 Å². The molecule has 0 radical (unpaired) electrons. The van der Waals surface area contributed by atoms with Gasteiger partial charge in [0.1, 0.15) is 9.84 Å². The van der Waals surface area contributed by atoms with E-state index >= 15 is 0 Å². The molecule has 0 saturated heterocycles. The van der Waals surface area contributed by atoms with Crippen molar-refractivity contribution >= 4 is 27.0 Å². The number of hydrogen-bond acceptors (Lipinski definition) is 4. The van der Waals surface area contributed by atoms with Gasteiger partial charge in [-0.05, 0) is 19.5 Å². The summed E-state index contributed by atoms with van der Waals surface area (Å²) in [5.41, 5.74) is 5.55. The largest absolute Gasteiger partial charge is 0.393 e. The van der Waals surface area contributed by atoms with E-state index in [9.17, 15) is 8.42 Å². The highest BCUT2D eigenvalue weighted by Gasteiger charge is 2.11. The van der Waals surface area contributed by atoms with Gasteiger partial charge in [-0.15, -0.1) is 0 Å². The molecule has 1 unspecified atom stereocenters. The number of hydrogen-bond donors (Lipinski definition) is 1. The predicted octanol–water partition coefficient (Wildman–Crippen LogP) is 0.665. The lowest BCUT2D eigenvalue weighted by molar-refractivity contribution is 0.273. The topological polar surface area (TPSA) is 63.4 Å². The van der Waals surface area contributed by atoms with Crippen molar-refractivity contribution in [2.24, 2.45) is 11.7 Å². The Kier molecular flexibility index (Phi) is 7.10. The van der Waals surface area contributed by atoms with E-state index in [1.165, 1.54) is 6.26 Å². The van der Waals surface area contributed by atoms with Crippen LogP contribution in [0, 0.1) is 5.92 Å². The molecule has 0 rings (SSSR count). The maximum atomic E-state index is 11.0. The minimum atomic E-state index is -2.85. The van der Waals surface area contributed by atoms with Gasteiger partial charge in [0, 0.05) is 18.7 Å². The molecular weight excluding hydrogens is 244 g/mol. The lowest BCUT2D eigenvalue weighted by Gasteiger charge is -2.23. The summed E-state index contributed by atoms with van der Waals surface area (Å²) in [5.74, 6) is 0.415. The normalized spacial score (nSPS) is 14.0. The Labute approximate surface area is 104 Å². The van der Waals surface area contributed by atoms with Crippen LogP contribution in [0.2, 0.25) is 0 Å². The van der Waals surface area contributed by atoms with E-state index in [1.54, 1.807) is 0 Å². The molecule has 0 aromatic rings. The van der Waals surface area contributed by atoms with Crippen molar-refractivity contribution in [1.29, 1.82) is 0 Å². The Morgan fingerprint density at radius 3 is 2.44 bits per heavy atom. The van der Waals surface area contributed by atoms with Crippen molar-refractivity contribution < 1.29 is 8.42 Å². The fourth-order valence-corrected chi connectivity index (χ4v) is 2.13. The second-order valence-electron chi connectivity index (χ2n) is 4.18. The zero-order valence-corrected chi connectivity index (χ0v) is 11.9. The second kappa shape index (κ2) is 7.19. The van der Waals surface area contributed by atoms with Crippen LogP contribution in [0.15, 0.2) is 0 Å². The third-order valence-electron chi connectivity index (χ3n) is 2.45. The highest BCUT2D eigenvalue weighted by molar-refractivity contribution is 7.90. The SMILES string of the molecule is CCN(CCCS(C)(=O)=O)CC(C)C(N)=S. The van der Waals surface area contributed by atoms with Gasteiger partial charge in [0.05, 0.1) is 10.7 Å². The van der Waals surface area contributed by atoms with Crippen molar-refractivity contribution in [3.8, 4) is 0 Å². The fraction of sp³-hybridized carbons (Fsp3) is 0.900. The predicted molar refractivity (Wildman–Crippen MR) is 72.4 cm³/mol. The van der Waals surface area contributed by atoms with Gasteiger partial charge in [0.25, 0.3) is 0 Å². The molecule has 4 nitrogen and oxygen atoms in total. The zero-order valence-electron chi connectivity index (χ0n) is 10.3. The van der Waals surface area contributed by atoms with E-state index in [2.05, 4.69) is 4.90 Å². The van der Waals surface area contributed by atoms with Gasteiger partial charge in [0.2, 0.25) is 0 Å². The molecule has 0 bridgehead atoms. The first kappa shape index (κ1) is 15.8. The van der Waals surface area contributed by atoms with Crippen LogP contribution in [-0.4, -0.2) is 49.9 Å². The van der Waals surface area contributed by atoms with Crippen molar-refractivity contribution in [1.82, 2.24) is 4.90 Å². The number of nitrogens with two attached hydrogens (primary N) is 1. The molecule has 1 atom stereocenters. The summed E-state index contributed by atoms with van der Waals surface area (Å²) >= 11 is 4.91. The van der Waals surface area contributed by atoms with Crippen LogP contribution in [0.5, 0.6) is 0 Å². The highest BCUT2D eigenvalue weighted by atomic mass is 32.2. The van der Waals surface area contributed by atoms with Gasteiger partial charge in [0.15, 0.2) is 0 Å². The van der Waals surface area contributed by atoms with Crippen molar-refractivity contribution in [2.75, 3.05) is 31.6 Å². The monoisotopic (exact) mass is 266 g/mol. The van der Waals surface area contributed by atoms with E-state index in [4.69, 9.17) is 18.0 Å². The van der Waals surface area contributed by atoms with E-state index in [1.807, 2.05) is 13.8 Å². The van der Waals surface area contributed by atoms with Gasteiger partial charge in [-0.1, -0.05) is 26.1 Å². The zero-order chi connectivity index (χ0) is 12.8. The molecule has 0 aliphatic carbocycles. The quantitative estimate of drug-likeness (QED) is 0.654. The van der Waals surface area contributed by atoms with Crippen LogP contribution in [0.3, 0.4) is 0 Å². The minimum Gasteiger partial charge on any atom is -0.393 e. The van der Waals surface area contributed by atoms with Gasteiger partial charge in [-0.2, -0.15) is 0 Å².